The first-order chi connectivity index (χ1) is 9.24. The van der Waals surface area contributed by atoms with Crippen molar-refractivity contribution in [3.63, 3.8) is 0 Å². The van der Waals surface area contributed by atoms with Crippen molar-refractivity contribution in [3.8, 4) is 0 Å². The van der Waals surface area contributed by atoms with Crippen LogP contribution in [0.4, 0.5) is 0 Å². The largest absolute Gasteiger partial charge is 0.317 e. The summed E-state index contributed by atoms with van der Waals surface area (Å²) in [6, 6.07) is 6.00. The van der Waals surface area contributed by atoms with Gasteiger partial charge in [-0.1, -0.05) is 19.4 Å². The van der Waals surface area contributed by atoms with Gasteiger partial charge in [-0.15, -0.1) is 0 Å². The molecular weight excluding hydrogens is 238 g/mol. The molecule has 0 bridgehead atoms. The number of hydrogen-bond donors (Lipinski definition) is 1. The SMILES string of the molecule is CCC1CN(CCn2ccccc2=O)CCC1NC. The van der Waals surface area contributed by atoms with Crippen molar-refractivity contribution >= 4 is 0 Å². The molecule has 0 aliphatic carbocycles. The highest BCUT2D eigenvalue weighted by atomic mass is 16.1. The van der Waals surface area contributed by atoms with E-state index in [1.807, 2.05) is 12.3 Å². The van der Waals surface area contributed by atoms with Crippen LogP contribution in [-0.2, 0) is 6.54 Å². The molecule has 1 N–H and O–H groups in total. The molecule has 0 radical (unpaired) electrons. The Morgan fingerprint density at radius 1 is 1.37 bits per heavy atom. The fourth-order valence-corrected chi connectivity index (χ4v) is 3.00. The van der Waals surface area contributed by atoms with Crippen LogP contribution in [0, 0.1) is 5.92 Å². The number of piperidine rings is 1. The lowest BCUT2D eigenvalue weighted by molar-refractivity contribution is 0.134. The average molecular weight is 263 g/mol. The Morgan fingerprint density at radius 3 is 2.89 bits per heavy atom. The van der Waals surface area contributed by atoms with Gasteiger partial charge >= 0.3 is 0 Å². The molecule has 2 atom stereocenters. The van der Waals surface area contributed by atoms with E-state index in [1.165, 1.54) is 12.8 Å². The quantitative estimate of drug-likeness (QED) is 0.866. The third-order valence-electron chi connectivity index (χ3n) is 4.27. The van der Waals surface area contributed by atoms with Crippen molar-refractivity contribution in [1.29, 1.82) is 0 Å². The summed E-state index contributed by atoms with van der Waals surface area (Å²) in [6.07, 6.45) is 4.30. The molecule has 0 spiro atoms. The van der Waals surface area contributed by atoms with Crippen LogP contribution in [0.15, 0.2) is 29.2 Å². The van der Waals surface area contributed by atoms with Crippen molar-refractivity contribution in [2.24, 2.45) is 5.92 Å². The number of rotatable bonds is 5. The summed E-state index contributed by atoms with van der Waals surface area (Å²) in [5.74, 6) is 0.728. The molecule has 1 aliphatic heterocycles. The van der Waals surface area contributed by atoms with E-state index in [-0.39, 0.29) is 5.56 Å². The van der Waals surface area contributed by atoms with Crippen LogP contribution in [0.5, 0.6) is 0 Å². The molecule has 1 fully saturated rings. The van der Waals surface area contributed by atoms with Crippen LogP contribution in [0.2, 0.25) is 0 Å². The van der Waals surface area contributed by atoms with Crippen LogP contribution in [0.3, 0.4) is 0 Å². The highest BCUT2D eigenvalue weighted by molar-refractivity contribution is 4.93. The van der Waals surface area contributed by atoms with E-state index in [1.54, 1.807) is 16.7 Å². The maximum Gasteiger partial charge on any atom is 0.250 e. The highest BCUT2D eigenvalue weighted by Crippen LogP contribution is 2.19. The third kappa shape index (κ3) is 3.67. The first kappa shape index (κ1) is 14.3. The Morgan fingerprint density at radius 2 is 2.21 bits per heavy atom. The molecule has 1 saturated heterocycles. The zero-order valence-electron chi connectivity index (χ0n) is 12.0. The Bertz CT molecular complexity index is 443. The second-order valence-electron chi connectivity index (χ2n) is 5.39. The molecule has 1 aliphatic rings. The summed E-state index contributed by atoms with van der Waals surface area (Å²) >= 11 is 0. The molecule has 106 valence electrons. The van der Waals surface area contributed by atoms with Gasteiger partial charge in [0, 0.05) is 37.9 Å². The zero-order valence-corrected chi connectivity index (χ0v) is 12.0. The van der Waals surface area contributed by atoms with Gasteiger partial charge in [0.1, 0.15) is 0 Å². The fourth-order valence-electron chi connectivity index (χ4n) is 3.00. The van der Waals surface area contributed by atoms with Crippen molar-refractivity contribution in [3.05, 3.63) is 34.7 Å². The molecule has 2 rings (SSSR count). The summed E-state index contributed by atoms with van der Waals surface area (Å²) in [4.78, 5) is 14.1. The number of nitrogens with zero attached hydrogens (tertiary/aromatic N) is 2. The zero-order chi connectivity index (χ0) is 13.7. The molecule has 2 heterocycles. The van der Waals surface area contributed by atoms with Crippen molar-refractivity contribution in [2.75, 3.05) is 26.7 Å². The smallest absolute Gasteiger partial charge is 0.250 e. The maximum absolute atomic E-state index is 11.6. The van der Waals surface area contributed by atoms with Crippen LogP contribution in [-0.4, -0.2) is 42.2 Å². The summed E-state index contributed by atoms with van der Waals surface area (Å²) in [5, 5.41) is 3.43. The topological polar surface area (TPSA) is 37.3 Å². The van der Waals surface area contributed by atoms with Gasteiger partial charge in [0.2, 0.25) is 0 Å². The van der Waals surface area contributed by atoms with Crippen molar-refractivity contribution in [1.82, 2.24) is 14.8 Å². The second kappa shape index (κ2) is 6.87. The molecule has 0 saturated carbocycles. The van der Waals surface area contributed by atoms with Crippen LogP contribution in [0.25, 0.3) is 0 Å². The number of pyridine rings is 1. The van der Waals surface area contributed by atoms with E-state index in [4.69, 9.17) is 0 Å². The van der Waals surface area contributed by atoms with Gasteiger partial charge in [-0.05, 0) is 32.0 Å². The average Bonchev–Trinajstić information content (AvgIpc) is 2.46. The van der Waals surface area contributed by atoms with Crippen LogP contribution in [0.1, 0.15) is 19.8 Å². The first-order valence-electron chi connectivity index (χ1n) is 7.29. The van der Waals surface area contributed by atoms with E-state index in [9.17, 15) is 4.79 Å². The Labute approximate surface area is 115 Å². The molecule has 1 aromatic rings. The molecule has 0 aromatic carbocycles. The summed E-state index contributed by atoms with van der Waals surface area (Å²) in [7, 11) is 2.06. The number of likely N-dealkylation sites (tertiary alicyclic amines) is 1. The van der Waals surface area contributed by atoms with Crippen LogP contribution >= 0.6 is 0 Å². The minimum absolute atomic E-state index is 0.0969. The molecule has 19 heavy (non-hydrogen) atoms. The van der Waals surface area contributed by atoms with Gasteiger partial charge < -0.3 is 14.8 Å². The Hall–Kier alpha value is -1.13. The molecule has 1 aromatic heterocycles. The summed E-state index contributed by atoms with van der Waals surface area (Å²) in [5.41, 5.74) is 0.0969. The van der Waals surface area contributed by atoms with E-state index < -0.39 is 0 Å². The minimum Gasteiger partial charge on any atom is -0.317 e. The van der Waals surface area contributed by atoms with E-state index in [0.29, 0.717) is 6.04 Å². The molecule has 4 heteroatoms. The van der Waals surface area contributed by atoms with Gasteiger partial charge in [0.05, 0.1) is 0 Å². The fraction of sp³-hybridized carbons (Fsp3) is 0.667. The number of aromatic nitrogens is 1. The van der Waals surface area contributed by atoms with Gasteiger partial charge in [-0.2, -0.15) is 0 Å². The lowest BCUT2D eigenvalue weighted by Gasteiger charge is -2.38. The predicted molar refractivity (Wildman–Crippen MR) is 78.4 cm³/mol. The van der Waals surface area contributed by atoms with Crippen LogP contribution < -0.4 is 10.9 Å². The second-order valence-corrected chi connectivity index (χ2v) is 5.39. The monoisotopic (exact) mass is 263 g/mol. The van der Waals surface area contributed by atoms with E-state index in [2.05, 4.69) is 24.2 Å². The Balaban J connectivity index is 1.87. The highest BCUT2D eigenvalue weighted by Gasteiger charge is 2.26. The number of hydrogen-bond acceptors (Lipinski definition) is 3. The van der Waals surface area contributed by atoms with Gasteiger partial charge in [-0.25, -0.2) is 0 Å². The minimum atomic E-state index is 0.0969. The van der Waals surface area contributed by atoms with Crippen molar-refractivity contribution in [2.45, 2.75) is 32.4 Å². The standard InChI is InChI=1S/C15H25N3O/c1-3-13-12-17(9-7-14(13)16-2)10-11-18-8-5-4-6-15(18)19/h4-6,8,13-14,16H,3,7,9-12H2,1-2H3. The summed E-state index contributed by atoms with van der Waals surface area (Å²) < 4.78 is 1.80. The maximum atomic E-state index is 11.6. The van der Waals surface area contributed by atoms with Crippen molar-refractivity contribution < 1.29 is 0 Å². The lowest BCUT2D eigenvalue weighted by atomic mass is 9.90. The van der Waals surface area contributed by atoms with Gasteiger partial charge in [-0.3, -0.25) is 4.79 Å². The first-order valence-corrected chi connectivity index (χ1v) is 7.29. The predicted octanol–water partition coefficient (Wildman–Crippen LogP) is 1.17. The van der Waals surface area contributed by atoms with Gasteiger partial charge in [0.15, 0.2) is 0 Å². The molecule has 0 amide bonds. The van der Waals surface area contributed by atoms with E-state index in [0.717, 1.165) is 32.1 Å². The lowest BCUT2D eigenvalue weighted by Crippen LogP contribution is -2.49. The number of nitrogens with one attached hydrogen (secondary N) is 1. The van der Waals surface area contributed by atoms with Gasteiger partial charge in [0.25, 0.3) is 5.56 Å². The third-order valence-corrected chi connectivity index (χ3v) is 4.27. The molecular formula is C15H25N3O. The molecule has 4 nitrogen and oxygen atoms in total. The normalized spacial score (nSPS) is 24.5. The molecule has 2 unspecified atom stereocenters. The summed E-state index contributed by atoms with van der Waals surface area (Å²) in [6.45, 7) is 6.30. The Kier molecular flexibility index (Phi) is 5.16. The van der Waals surface area contributed by atoms with E-state index >= 15 is 0 Å².